The molecule has 0 bridgehead atoms. The van der Waals surface area contributed by atoms with Crippen LogP contribution in [0.2, 0.25) is 0 Å². The highest BCUT2D eigenvalue weighted by molar-refractivity contribution is 5.88. The van der Waals surface area contributed by atoms with Gasteiger partial charge in [0.2, 0.25) is 5.91 Å². The smallest absolute Gasteiger partial charge is 0.329 e. The number of carbonyl (C=O) groups excluding carboxylic acids is 1. The fourth-order valence-corrected chi connectivity index (χ4v) is 1.79. The minimum absolute atomic E-state index is 0.113. The zero-order valence-corrected chi connectivity index (χ0v) is 12.9. The summed E-state index contributed by atoms with van der Waals surface area (Å²) in [6, 6.07) is 6.06. The van der Waals surface area contributed by atoms with Crippen LogP contribution in [0.3, 0.4) is 0 Å². The van der Waals surface area contributed by atoms with Crippen molar-refractivity contribution in [2.75, 3.05) is 25.5 Å². The Balaban J connectivity index is 2.94. The first-order valence-electron chi connectivity index (χ1n) is 6.53. The van der Waals surface area contributed by atoms with Crippen LogP contribution >= 0.6 is 0 Å². The van der Waals surface area contributed by atoms with Crippen LogP contribution in [0.1, 0.15) is 13.8 Å². The molecule has 120 valence electrons. The van der Waals surface area contributed by atoms with Crippen molar-refractivity contribution in [2.45, 2.75) is 19.4 Å². The zero-order chi connectivity index (χ0) is 17.1. The minimum atomic E-state index is -1.36. The van der Waals surface area contributed by atoms with Gasteiger partial charge in [0.25, 0.3) is 5.69 Å². The molecule has 0 spiro atoms. The lowest BCUT2D eigenvalue weighted by molar-refractivity contribution is -0.384. The van der Waals surface area contributed by atoms with Crippen molar-refractivity contribution in [3.8, 4) is 0 Å². The topological polar surface area (TPSA) is 104 Å². The van der Waals surface area contributed by atoms with Gasteiger partial charge in [-0.3, -0.25) is 14.9 Å². The number of nitro benzene ring substituents is 1. The van der Waals surface area contributed by atoms with Crippen molar-refractivity contribution >= 4 is 23.3 Å². The van der Waals surface area contributed by atoms with E-state index in [-0.39, 0.29) is 12.2 Å². The van der Waals surface area contributed by atoms with Crippen molar-refractivity contribution in [1.29, 1.82) is 0 Å². The molecular weight excluding hydrogens is 290 g/mol. The lowest BCUT2D eigenvalue weighted by atomic mass is 10.0. The zero-order valence-electron chi connectivity index (χ0n) is 12.9. The van der Waals surface area contributed by atoms with Gasteiger partial charge in [-0.05, 0) is 19.9 Å². The number of amides is 1. The van der Waals surface area contributed by atoms with Crippen molar-refractivity contribution in [2.24, 2.45) is 0 Å². The number of nitro groups is 1. The number of hydrogen-bond acceptors (Lipinski definition) is 5. The van der Waals surface area contributed by atoms with Gasteiger partial charge in [-0.15, -0.1) is 0 Å². The number of carboxylic acid groups (broad SMARTS) is 1. The Labute approximate surface area is 128 Å². The highest BCUT2D eigenvalue weighted by Crippen LogP contribution is 2.26. The van der Waals surface area contributed by atoms with Crippen molar-refractivity contribution < 1.29 is 19.6 Å². The molecule has 1 rings (SSSR count). The molecule has 1 N–H and O–H groups in total. The number of nitrogens with zero attached hydrogens (tertiary/aromatic N) is 3. The van der Waals surface area contributed by atoms with Gasteiger partial charge in [-0.25, -0.2) is 4.79 Å². The third kappa shape index (κ3) is 3.51. The van der Waals surface area contributed by atoms with Crippen molar-refractivity contribution in [3.05, 3.63) is 34.4 Å². The Kier molecular flexibility index (Phi) is 5.08. The maximum atomic E-state index is 12.2. The molecule has 22 heavy (non-hydrogen) atoms. The summed E-state index contributed by atoms with van der Waals surface area (Å²) in [6.07, 6.45) is 0. The van der Waals surface area contributed by atoms with Crippen LogP contribution in [0.4, 0.5) is 11.4 Å². The first-order chi connectivity index (χ1) is 10.1. The highest BCUT2D eigenvalue weighted by atomic mass is 16.6. The van der Waals surface area contributed by atoms with Crippen molar-refractivity contribution in [3.63, 3.8) is 0 Å². The molecule has 1 aromatic rings. The molecule has 0 unspecified atom stereocenters. The van der Waals surface area contributed by atoms with Gasteiger partial charge in [-0.1, -0.05) is 12.1 Å². The number of rotatable bonds is 6. The molecule has 0 saturated carbocycles. The van der Waals surface area contributed by atoms with E-state index in [1.807, 2.05) is 0 Å². The van der Waals surface area contributed by atoms with E-state index in [1.54, 1.807) is 13.1 Å². The number of aliphatic carboxylic acids is 1. The molecule has 0 aliphatic carbocycles. The molecule has 8 heteroatoms. The molecule has 0 fully saturated rings. The largest absolute Gasteiger partial charge is 0.480 e. The molecule has 0 atom stereocenters. The first kappa shape index (κ1) is 17.4. The number of anilines is 1. The Hall–Kier alpha value is -2.64. The quantitative estimate of drug-likeness (QED) is 0.628. The molecule has 1 amide bonds. The van der Waals surface area contributed by atoms with Gasteiger partial charge in [0.1, 0.15) is 11.2 Å². The molecule has 0 heterocycles. The fraction of sp³-hybridized carbons (Fsp3) is 0.429. The standard InChI is InChI=1S/C14H19N3O5/c1-14(2,13(19)20)16(4)12(18)9-15(3)10-7-5-6-8-11(10)17(21)22/h5-8H,9H2,1-4H3,(H,19,20). The third-order valence-corrected chi connectivity index (χ3v) is 3.60. The molecular formula is C14H19N3O5. The summed E-state index contributed by atoms with van der Waals surface area (Å²) in [7, 11) is 2.94. The number of carboxylic acids is 1. The van der Waals surface area contributed by atoms with Gasteiger partial charge in [-0.2, -0.15) is 0 Å². The number of hydrogen-bond donors (Lipinski definition) is 1. The van der Waals surface area contributed by atoms with E-state index in [9.17, 15) is 19.7 Å². The van der Waals surface area contributed by atoms with E-state index in [0.717, 1.165) is 4.90 Å². The number of likely N-dealkylation sites (N-methyl/N-ethyl adjacent to an activating group) is 2. The van der Waals surface area contributed by atoms with Crippen LogP contribution in [0, 0.1) is 10.1 Å². The molecule has 1 aromatic carbocycles. The minimum Gasteiger partial charge on any atom is -0.480 e. The summed E-state index contributed by atoms with van der Waals surface area (Å²) in [6.45, 7) is 2.66. The van der Waals surface area contributed by atoms with Gasteiger partial charge in [0, 0.05) is 20.2 Å². The monoisotopic (exact) mass is 309 g/mol. The average Bonchev–Trinajstić information content (AvgIpc) is 2.45. The van der Waals surface area contributed by atoms with Gasteiger partial charge < -0.3 is 14.9 Å². The second-order valence-electron chi connectivity index (χ2n) is 5.42. The van der Waals surface area contributed by atoms with E-state index < -0.39 is 22.3 Å². The summed E-state index contributed by atoms with van der Waals surface area (Å²) in [5, 5.41) is 20.1. The SMILES string of the molecule is CN(CC(=O)N(C)C(C)(C)C(=O)O)c1ccccc1[N+](=O)[O-]. The fourth-order valence-electron chi connectivity index (χ4n) is 1.79. The normalized spacial score (nSPS) is 10.9. The number of benzene rings is 1. The molecule has 0 aliphatic heterocycles. The lowest BCUT2D eigenvalue weighted by Gasteiger charge is -2.33. The maximum Gasteiger partial charge on any atom is 0.329 e. The molecule has 8 nitrogen and oxygen atoms in total. The second kappa shape index (κ2) is 6.42. The van der Waals surface area contributed by atoms with E-state index in [4.69, 9.17) is 5.11 Å². The second-order valence-corrected chi connectivity index (χ2v) is 5.42. The summed E-state index contributed by atoms with van der Waals surface area (Å²) < 4.78 is 0. The summed E-state index contributed by atoms with van der Waals surface area (Å²) in [4.78, 5) is 36.4. The molecule has 0 aliphatic rings. The Morgan fingerprint density at radius 3 is 2.32 bits per heavy atom. The van der Waals surface area contributed by atoms with Gasteiger partial charge >= 0.3 is 5.97 Å². The molecule has 0 radical (unpaired) electrons. The van der Waals surface area contributed by atoms with Gasteiger partial charge in [0.05, 0.1) is 11.5 Å². The Bertz CT molecular complexity index is 600. The van der Waals surface area contributed by atoms with E-state index >= 15 is 0 Å². The average molecular weight is 309 g/mol. The summed E-state index contributed by atoms with van der Waals surface area (Å²) in [5.74, 6) is -1.58. The van der Waals surface area contributed by atoms with Crippen LogP contribution in [-0.4, -0.2) is 53.0 Å². The van der Waals surface area contributed by atoms with E-state index in [2.05, 4.69) is 0 Å². The first-order valence-corrected chi connectivity index (χ1v) is 6.53. The third-order valence-electron chi connectivity index (χ3n) is 3.60. The van der Waals surface area contributed by atoms with Crippen molar-refractivity contribution in [1.82, 2.24) is 4.90 Å². The van der Waals surface area contributed by atoms with Crippen LogP contribution in [0.5, 0.6) is 0 Å². The predicted octanol–water partition coefficient (Wildman–Crippen LogP) is 1.35. The Morgan fingerprint density at radius 2 is 1.82 bits per heavy atom. The molecule has 0 aromatic heterocycles. The van der Waals surface area contributed by atoms with Crippen LogP contribution < -0.4 is 4.90 Å². The maximum absolute atomic E-state index is 12.2. The lowest BCUT2D eigenvalue weighted by Crippen LogP contribution is -2.53. The van der Waals surface area contributed by atoms with Gasteiger partial charge in [0.15, 0.2) is 0 Å². The van der Waals surface area contributed by atoms with Crippen LogP contribution in [0.15, 0.2) is 24.3 Å². The predicted molar refractivity (Wildman–Crippen MR) is 80.9 cm³/mol. The van der Waals surface area contributed by atoms with Crippen LogP contribution in [-0.2, 0) is 9.59 Å². The highest BCUT2D eigenvalue weighted by Gasteiger charge is 2.35. The summed E-state index contributed by atoms with van der Waals surface area (Å²) >= 11 is 0. The Morgan fingerprint density at radius 1 is 1.27 bits per heavy atom. The van der Waals surface area contributed by atoms with E-state index in [0.29, 0.717) is 5.69 Å². The molecule has 0 saturated heterocycles. The summed E-state index contributed by atoms with van der Waals surface area (Å²) in [5.41, 5.74) is -1.18. The van der Waals surface area contributed by atoms with E-state index in [1.165, 1.54) is 44.0 Å². The number of para-hydroxylation sites is 2. The van der Waals surface area contributed by atoms with Crippen LogP contribution in [0.25, 0.3) is 0 Å². The number of carbonyl (C=O) groups is 2.